The molecule has 0 aliphatic heterocycles. The maximum absolute atomic E-state index is 12.1. The molecule has 0 saturated carbocycles. The fourth-order valence-corrected chi connectivity index (χ4v) is 2.28. The number of carbonyl (C=O) groups excluding carboxylic acids is 2. The molecule has 0 aromatic heterocycles. The third kappa shape index (κ3) is 5.76. The van der Waals surface area contributed by atoms with Crippen LogP contribution in [0.5, 0.6) is 11.5 Å². The lowest BCUT2D eigenvalue weighted by molar-refractivity contribution is -0.146. The minimum absolute atomic E-state index is 0.0896. The highest BCUT2D eigenvalue weighted by Crippen LogP contribution is 2.30. The van der Waals surface area contributed by atoms with E-state index >= 15 is 0 Å². The molecule has 6 heteroatoms. The third-order valence-electron chi connectivity index (χ3n) is 3.54. The Balaban J connectivity index is 2.76. The Hall–Kier alpha value is -2.24. The van der Waals surface area contributed by atoms with Crippen molar-refractivity contribution < 1.29 is 23.8 Å². The van der Waals surface area contributed by atoms with Gasteiger partial charge in [0.2, 0.25) is 5.91 Å². The van der Waals surface area contributed by atoms with E-state index in [2.05, 4.69) is 10.1 Å². The Morgan fingerprint density at radius 1 is 1.08 bits per heavy atom. The first-order valence-electron chi connectivity index (χ1n) is 8.19. The Kier molecular flexibility index (Phi) is 8.09. The summed E-state index contributed by atoms with van der Waals surface area (Å²) in [5.74, 6) is 0.271. The van der Waals surface area contributed by atoms with Gasteiger partial charge in [0.15, 0.2) is 11.5 Å². The summed E-state index contributed by atoms with van der Waals surface area (Å²) >= 11 is 0. The number of methoxy groups -OCH3 is 1. The largest absolute Gasteiger partial charge is 0.490 e. The molecule has 24 heavy (non-hydrogen) atoms. The predicted octanol–water partition coefficient (Wildman–Crippen LogP) is 2.86. The van der Waals surface area contributed by atoms with Crippen LogP contribution in [-0.2, 0) is 14.3 Å². The Bertz CT molecular complexity index is 558. The van der Waals surface area contributed by atoms with Crippen LogP contribution in [-0.4, -0.2) is 32.2 Å². The van der Waals surface area contributed by atoms with E-state index in [0.717, 1.165) is 5.56 Å². The van der Waals surface area contributed by atoms with Gasteiger partial charge in [0.05, 0.1) is 32.3 Å². The molecule has 0 radical (unpaired) electrons. The van der Waals surface area contributed by atoms with Crippen LogP contribution >= 0.6 is 0 Å². The van der Waals surface area contributed by atoms with E-state index in [9.17, 15) is 9.59 Å². The molecule has 0 aliphatic rings. The second-order valence-electron chi connectivity index (χ2n) is 5.49. The molecular weight excluding hydrogens is 310 g/mol. The summed E-state index contributed by atoms with van der Waals surface area (Å²) in [7, 11) is 1.31. The molecule has 1 N–H and O–H groups in total. The first-order valence-corrected chi connectivity index (χ1v) is 8.19. The van der Waals surface area contributed by atoms with Crippen molar-refractivity contribution in [1.82, 2.24) is 5.32 Å². The van der Waals surface area contributed by atoms with E-state index in [-0.39, 0.29) is 18.4 Å². The van der Waals surface area contributed by atoms with Gasteiger partial charge in [0, 0.05) is 6.42 Å². The summed E-state index contributed by atoms with van der Waals surface area (Å²) in [5, 5.41) is 2.88. The van der Waals surface area contributed by atoms with E-state index < -0.39 is 11.9 Å². The first-order chi connectivity index (χ1) is 11.4. The van der Waals surface area contributed by atoms with Crippen LogP contribution in [0.3, 0.4) is 0 Å². The molecule has 0 fully saturated rings. The molecule has 1 rings (SSSR count). The zero-order valence-electron chi connectivity index (χ0n) is 15.0. The third-order valence-corrected chi connectivity index (χ3v) is 3.54. The molecule has 0 aliphatic carbocycles. The van der Waals surface area contributed by atoms with Gasteiger partial charge in [-0.1, -0.05) is 13.0 Å². The van der Waals surface area contributed by atoms with Gasteiger partial charge >= 0.3 is 5.97 Å². The molecule has 0 bridgehead atoms. The molecule has 2 atom stereocenters. The zero-order chi connectivity index (χ0) is 18.1. The van der Waals surface area contributed by atoms with Crippen molar-refractivity contribution in [2.24, 2.45) is 5.92 Å². The van der Waals surface area contributed by atoms with Crippen molar-refractivity contribution in [1.29, 1.82) is 0 Å². The zero-order valence-corrected chi connectivity index (χ0v) is 15.0. The quantitative estimate of drug-likeness (QED) is 0.701. The number of nitrogens with one attached hydrogen (secondary N) is 1. The summed E-state index contributed by atoms with van der Waals surface area (Å²) in [6, 6.07) is 5.38. The fourth-order valence-electron chi connectivity index (χ4n) is 2.28. The molecule has 2 unspecified atom stereocenters. The van der Waals surface area contributed by atoms with Crippen LogP contribution in [0, 0.1) is 5.92 Å². The van der Waals surface area contributed by atoms with Crippen molar-refractivity contribution in [3.8, 4) is 11.5 Å². The van der Waals surface area contributed by atoms with Crippen LogP contribution in [0.2, 0.25) is 0 Å². The minimum Gasteiger partial charge on any atom is -0.490 e. The van der Waals surface area contributed by atoms with E-state index in [1.54, 1.807) is 6.92 Å². The predicted molar refractivity (Wildman–Crippen MR) is 91.1 cm³/mol. The van der Waals surface area contributed by atoms with Crippen molar-refractivity contribution in [3.05, 3.63) is 23.8 Å². The number of hydrogen-bond acceptors (Lipinski definition) is 5. The van der Waals surface area contributed by atoms with Gasteiger partial charge in [-0.05, 0) is 38.5 Å². The van der Waals surface area contributed by atoms with E-state index in [0.29, 0.717) is 24.7 Å². The molecular formula is C18H27NO5. The number of ether oxygens (including phenoxy) is 3. The van der Waals surface area contributed by atoms with Crippen LogP contribution in [0.15, 0.2) is 18.2 Å². The Morgan fingerprint density at radius 2 is 1.71 bits per heavy atom. The first kappa shape index (κ1) is 19.8. The molecule has 0 heterocycles. The van der Waals surface area contributed by atoms with Crippen molar-refractivity contribution in [2.75, 3.05) is 20.3 Å². The van der Waals surface area contributed by atoms with Crippen LogP contribution in [0.25, 0.3) is 0 Å². The fraction of sp³-hybridized carbons (Fsp3) is 0.556. The number of carbonyl (C=O) groups is 2. The lowest BCUT2D eigenvalue weighted by Gasteiger charge is -2.18. The van der Waals surface area contributed by atoms with E-state index in [4.69, 9.17) is 9.47 Å². The number of rotatable bonds is 9. The van der Waals surface area contributed by atoms with Crippen LogP contribution in [0.4, 0.5) is 0 Å². The molecule has 1 aromatic rings. The monoisotopic (exact) mass is 337 g/mol. The van der Waals surface area contributed by atoms with Gasteiger partial charge in [0.1, 0.15) is 0 Å². The Morgan fingerprint density at radius 3 is 2.29 bits per heavy atom. The van der Waals surface area contributed by atoms with Gasteiger partial charge in [-0.25, -0.2) is 0 Å². The summed E-state index contributed by atoms with van der Waals surface area (Å²) in [6.07, 6.45) is 0.0896. The normalized spacial score (nSPS) is 12.9. The molecule has 1 aromatic carbocycles. The summed E-state index contributed by atoms with van der Waals surface area (Å²) in [5.41, 5.74) is 0.904. The smallest absolute Gasteiger partial charge is 0.308 e. The van der Waals surface area contributed by atoms with E-state index in [1.165, 1.54) is 7.11 Å². The standard InChI is InChI=1S/C18H27NO5/c1-6-23-15-9-8-14(11-16(15)24-7-2)13(4)19-17(20)10-12(3)18(21)22-5/h8-9,11-13H,6-7,10H2,1-5H3,(H,19,20). The van der Waals surface area contributed by atoms with E-state index in [1.807, 2.05) is 39.0 Å². The van der Waals surface area contributed by atoms with Gasteiger partial charge in [-0.15, -0.1) is 0 Å². The van der Waals surface area contributed by atoms with Crippen LogP contribution in [0.1, 0.15) is 45.7 Å². The topological polar surface area (TPSA) is 73.9 Å². The average Bonchev–Trinajstić information content (AvgIpc) is 2.55. The van der Waals surface area contributed by atoms with Crippen molar-refractivity contribution in [3.63, 3.8) is 0 Å². The molecule has 6 nitrogen and oxygen atoms in total. The van der Waals surface area contributed by atoms with Crippen molar-refractivity contribution >= 4 is 11.9 Å². The maximum atomic E-state index is 12.1. The highest BCUT2D eigenvalue weighted by Gasteiger charge is 2.19. The number of benzene rings is 1. The summed E-state index contributed by atoms with van der Waals surface area (Å²) in [6.45, 7) is 8.45. The highest BCUT2D eigenvalue weighted by molar-refractivity contribution is 5.83. The maximum Gasteiger partial charge on any atom is 0.308 e. The molecule has 1 amide bonds. The average molecular weight is 337 g/mol. The SMILES string of the molecule is CCOc1ccc(C(C)NC(=O)CC(C)C(=O)OC)cc1OCC. The summed E-state index contributed by atoms with van der Waals surface area (Å²) < 4.78 is 15.8. The highest BCUT2D eigenvalue weighted by atomic mass is 16.5. The summed E-state index contributed by atoms with van der Waals surface area (Å²) in [4.78, 5) is 23.4. The lowest BCUT2D eigenvalue weighted by atomic mass is 10.1. The number of amides is 1. The van der Waals surface area contributed by atoms with Gasteiger partial charge in [0.25, 0.3) is 0 Å². The molecule has 134 valence electrons. The number of hydrogen-bond donors (Lipinski definition) is 1. The lowest BCUT2D eigenvalue weighted by Crippen LogP contribution is -2.30. The second-order valence-corrected chi connectivity index (χ2v) is 5.49. The number of esters is 1. The van der Waals surface area contributed by atoms with Crippen molar-refractivity contribution in [2.45, 2.75) is 40.2 Å². The van der Waals surface area contributed by atoms with Gasteiger partial charge in [-0.2, -0.15) is 0 Å². The second kappa shape index (κ2) is 9.80. The molecule has 0 saturated heterocycles. The minimum atomic E-state index is -0.471. The van der Waals surface area contributed by atoms with Gasteiger partial charge < -0.3 is 19.5 Å². The molecule has 0 spiro atoms. The van der Waals surface area contributed by atoms with Crippen LogP contribution < -0.4 is 14.8 Å². The Labute approximate surface area is 143 Å². The van der Waals surface area contributed by atoms with Gasteiger partial charge in [-0.3, -0.25) is 9.59 Å².